The first-order valence-electron chi connectivity index (χ1n) is 9.70. The smallest absolute Gasteiger partial charge is 0.257 e. The molecule has 6 nitrogen and oxygen atoms in total. The van der Waals surface area contributed by atoms with Crippen LogP contribution in [0, 0.1) is 24.1 Å². The number of carbonyl (C=O) groups excluding carboxylic acids is 1. The van der Waals surface area contributed by atoms with Crippen LogP contribution in [-0.2, 0) is 21.1 Å². The second-order valence-corrected chi connectivity index (χ2v) is 9.49. The van der Waals surface area contributed by atoms with E-state index >= 15 is 0 Å². The van der Waals surface area contributed by atoms with E-state index in [1.54, 1.807) is 43.3 Å². The SMILES string of the molecule is Cc1cc(NC(=O)[C@](O)(Cc2ccccc2)CS(=O)(=O)c2ccc(F)cc2)ccc1C#N. The molecule has 0 aliphatic rings. The van der Waals surface area contributed by atoms with E-state index in [0.717, 1.165) is 24.3 Å². The molecule has 3 rings (SSSR count). The lowest BCUT2D eigenvalue weighted by molar-refractivity contribution is -0.131. The third-order valence-corrected chi connectivity index (χ3v) is 6.82. The number of sulfone groups is 1. The van der Waals surface area contributed by atoms with Crippen LogP contribution in [0.3, 0.4) is 0 Å². The van der Waals surface area contributed by atoms with Gasteiger partial charge in [-0.15, -0.1) is 0 Å². The lowest BCUT2D eigenvalue weighted by Gasteiger charge is -2.27. The fourth-order valence-corrected chi connectivity index (χ4v) is 4.86. The largest absolute Gasteiger partial charge is 0.379 e. The topological polar surface area (TPSA) is 107 Å². The number of aliphatic hydroxyl groups is 1. The summed E-state index contributed by atoms with van der Waals surface area (Å²) in [5.41, 5.74) is -0.374. The molecule has 0 saturated carbocycles. The Morgan fingerprint density at radius 1 is 1.09 bits per heavy atom. The number of nitrogens with zero attached hydrogens (tertiary/aromatic N) is 1. The monoisotopic (exact) mass is 452 g/mol. The van der Waals surface area contributed by atoms with Gasteiger partial charge in [-0.3, -0.25) is 4.79 Å². The lowest BCUT2D eigenvalue weighted by Crippen LogP contribution is -2.50. The van der Waals surface area contributed by atoms with Crippen molar-refractivity contribution in [3.63, 3.8) is 0 Å². The molecule has 8 heteroatoms. The highest BCUT2D eigenvalue weighted by Gasteiger charge is 2.41. The molecule has 0 aliphatic carbocycles. The van der Waals surface area contributed by atoms with E-state index in [-0.39, 0.29) is 11.3 Å². The number of nitriles is 1. The highest BCUT2D eigenvalue weighted by atomic mass is 32.2. The molecule has 2 N–H and O–H groups in total. The van der Waals surface area contributed by atoms with Crippen LogP contribution in [0.25, 0.3) is 0 Å². The van der Waals surface area contributed by atoms with Crippen LogP contribution in [-0.4, -0.2) is 30.8 Å². The number of carbonyl (C=O) groups is 1. The minimum atomic E-state index is -4.13. The number of rotatable bonds is 7. The van der Waals surface area contributed by atoms with E-state index in [9.17, 15) is 22.7 Å². The molecule has 0 unspecified atom stereocenters. The molecule has 0 heterocycles. The van der Waals surface area contributed by atoms with Crippen LogP contribution in [0.4, 0.5) is 10.1 Å². The van der Waals surface area contributed by atoms with Gasteiger partial charge in [0.1, 0.15) is 5.82 Å². The van der Waals surface area contributed by atoms with Crippen LogP contribution < -0.4 is 5.32 Å². The molecule has 0 radical (unpaired) electrons. The van der Waals surface area contributed by atoms with E-state index in [0.29, 0.717) is 22.4 Å². The van der Waals surface area contributed by atoms with Gasteiger partial charge in [-0.1, -0.05) is 30.3 Å². The first-order chi connectivity index (χ1) is 15.1. The number of nitrogens with one attached hydrogen (secondary N) is 1. The molecular weight excluding hydrogens is 431 g/mol. The normalized spacial score (nSPS) is 13.1. The summed E-state index contributed by atoms with van der Waals surface area (Å²) in [5, 5.41) is 22.9. The Kier molecular flexibility index (Phi) is 6.72. The van der Waals surface area contributed by atoms with Crippen molar-refractivity contribution in [3.05, 3.63) is 95.3 Å². The van der Waals surface area contributed by atoms with Gasteiger partial charge in [0.05, 0.1) is 22.3 Å². The second kappa shape index (κ2) is 9.30. The van der Waals surface area contributed by atoms with Crippen molar-refractivity contribution in [2.75, 3.05) is 11.1 Å². The van der Waals surface area contributed by atoms with Crippen LogP contribution >= 0.6 is 0 Å². The van der Waals surface area contributed by atoms with E-state index in [2.05, 4.69) is 5.32 Å². The Bertz CT molecular complexity index is 1270. The molecule has 1 amide bonds. The van der Waals surface area contributed by atoms with Crippen molar-refractivity contribution in [1.29, 1.82) is 5.26 Å². The molecule has 0 bridgehead atoms. The maximum atomic E-state index is 13.2. The van der Waals surface area contributed by atoms with Gasteiger partial charge < -0.3 is 10.4 Å². The van der Waals surface area contributed by atoms with E-state index < -0.39 is 32.9 Å². The molecule has 0 aliphatic heterocycles. The van der Waals surface area contributed by atoms with E-state index in [1.807, 2.05) is 6.07 Å². The van der Waals surface area contributed by atoms with Gasteiger partial charge in [-0.25, -0.2) is 12.8 Å². The number of amides is 1. The average Bonchev–Trinajstić information content (AvgIpc) is 2.74. The Labute approximate surface area is 185 Å². The summed E-state index contributed by atoms with van der Waals surface area (Å²) in [6, 6.07) is 19.3. The zero-order valence-corrected chi connectivity index (χ0v) is 18.1. The molecule has 0 spiro atoms. The number of hydrogen-bond donors (Lipinski definition) is 2. The summed E-state index contributed by atoms with van der Waals surface area (Å²) in [7, 11) is -4.13. The van der Waals surface area contributed by atoms with E-state index in [4.69, 9.17) is 5.26 Å². The average molecular weight is 453 g/mol. The van der Waals surface area contributed by atoms with Crippen LogP contribution in [0.2, 0.25) is 0 Å². The van der Waals surface area contributed by atoms with Crippen molar-refractivity contribution >= 4 is 21.4 Å². The summed E-state index contributed by atoms with van der Waals surface area (Å²) < 4.78 is 39.1. The quantitative estimate of drug-likeness (QED) is 0.535. The Hall–Kier alpha value is -3.54. The van der Waals surface area contributed by atoms with Gasteiger partial charge in [0.25, 0.3) is 5.91 Å². The number of anilines is 1. The Morgan fingerprint density at radius 2 is 1.75 bits per heavy atom. The zero-order valence-electron chi connectivity index (χ0n) is 17.2. The minimum Gasteiger partial charge on any atom is -0.379 e. The van der Waals surface area contributed by atoms with Crippen LogP contribution in [0.5, 0.6) is 0 Å². The molecule has 3 aromatic rings. The Morgan fingerprint density at radius 3 is 2.34 bits per heavy atom. The summed E-state index contributed by atoms with van der Waals surface area (Å²) >= 11 is 0. The fraction of sp³-hybridized carbons (Fsp3) is 0.167. The predicted molar refractivity (Wildman–Crippen MR) is 118 cm³/mol. The highest BCUT2D eigenvalue weighted by molar-refractivity contribution is 7.91. The number of halogens is 1. The van der Waals surface area contributed by atoms with Gasteiger partial charge in [0.2, 0.25) is 0 Å². The molecule has 3 aromatic carbocycles. The minimum absolute atomic E-state index is 0.201. The summed E-state index contributed by atoms with van der Waals surface area (Å²) in [6.07, 6.45) is -0.255. The first kappa shape index (κ1) is 23.1. The highest BCUT2D eigenvalue weighted by Crippen LogP contribution is 2.24. The lowest BCUT2D eigenvalue weighted by atomic mass is 9.95. The van der Waals surface area contributed by atoms with Crippen molar-refractivity contribution in [3.8, 4) is 6.07 Å². The molecular formula is C24H21FN2O4S. The second-order valence-electron chi connectivity index (χ2n) is 7.50. The molecule has 164 valence electrons. The van der Waals surface area contributed by atoms with E-state index in [1.165, 1.54) is 12.1 Å². The molecule has 0 fully saturated rings. The van der Waals surface area contributed by atoms with Gasteiger partial charge in [-0.05, 0) is 60.5 Å². The summed E-state index contributed by atoms with van der Waals surface area (Å²) in [4.78, 5) is 12.9. The van der Waals surface area contributed by atoms with Crippen LogP contribution in [0.15, 0.2) is 77.7 Å². The number of hydrogen-bond acceptors (Lipinski definition) is 5. The van der Waals surface area contributed by atoms with Crippen LogP contribution in [0.1, 0.15) is 16.7 Å². The van der Waals surface area contributed by atoms with Crippen molar-refractivity contribution in [2.45, 2.75) is 23.8 Å². The molecule has 0 aromatic heterocycles. The number of aryl methyl sites for hydroxylation is 1. The number of benzene rings is 3. The standard InChI is InChI=1S/C24H21FN2O4S/c1-17-13-21(10-7-19(17)15-26)27-23(28)24(29,14-18-5-3-2-4-6-18)16-32(30,31)22-11-8-20(25)9-12-22/h2-13,29H,14,16H2,1H3,(H,27,28)/t24-/m0/s1. The maximum Gasteiger partial charge on any atom is 0.257 e. The van der Waals surface area contributed by atoms with Gasteiger partial charge >= 0.3 is 0 Å². The third-order valence-electron chi connectivity index (χ3n) is 4.97. The molecule has 1 atom stereocenters. The van der Waals surface area contributed by atoms with Gasteiger partial charge in [-0.2, -0.15) is 5.26 Å². The van der Waals surface area contributed by atoms with Gasteiger partial charge in [0, 0.05) is 12.1 Å². The molecule has 0 saturated heterocycles. The van der Waals surface area contributed by atoms with Crippen molar-refractivity contribution < 1.29 is 22.7 Å². The first-order valence-corrected chi connectivity index (χ1v) is 11.3. The summed E-state index contributed by atoms with van der Waals surface area (Å²) in [5.74, 6) is -2.41. The zero-order chi connectivity index (χ0) is 23.4. The summed E-state index contributed by atoms with van der Waals surface area (Å²) in [6.45, 7) is 1.70. The Balaban J connectivity index is 1.94. The molecule has 32 heavy (non-hydrogen) atoms. The van der Waals surface area contributed by atoms with Crippen molar-refractivity contribution in [2.24, 2.45) is 0 Å². The van der Waals surface area contributed by atoms with Gasteiger partial charge in [0.15, 0.2) is 15.4 Å². The maximum absolute atomic E-state index is 13.2. The predicted octanol–water partition coefficient (Wildman–Crippen LogP) is 3.39. The van der Waals surface area contributed by atoms with Crippen molar-refractivity contribution in [1.82, 2.24) is 0 Å². The fourth-order valence-electron chi connectivity index (χ4n) is 3.28. The third kappa shape index (κ3) is 5.38.